The average Bonchev–Trinajstić information content (AvgIpc) is 2.70. The Hall–Kier alpha value is -3.21. The molecule has 0 radical (unpaired) electrons. The predicted molar refractivity (Wildman–Crippen MR) is 111 cm³/mol. The number of anilines is 2. The first-order chi connectivity index (χ1) is 13.5. The number of aromatic nitrogens is 2. The molecule has 5 nitrogen and oxygen atoms in total. The molecule has 0 saturated heterocycles. The van der Waals surface area contributed by atoms with Crippen LogP contribution in [0.3, 0.4) is 0 Å². The Morgan fingerprint density at radius 2 is 1.64 bits per heavy atom. The van der Waals surface area contributed by atoms with E-state index in [1.165, 1.54) is 16.7 Å². The van der Waals surface area contributed by atoms with Crippen LogP contribution in [0.1, 0.15) is 38.2 Å². The Bertz CT molecular complexity index is 1000. The van der Waals surface area contributed by atoms with E-state index >= 15 is 0 Å². The number of carbonyl (C=O) groups is 1. The van der Waals surface area contributed by atoms with Crippen LogP contribution in [0.25, 0.3) is 0 Å². The normalized spacial score (nSPS) is 13.2. The zero-order valence-electron chi connectivity index (χ0n) is 16.5. The topological polar surface area (TPSA) is 58.1 Å². The molecule has 1 aliphatic rings. The first kappa shape index (κ1) is 18.2. The van der Waals surface area contributed by atoms with Crippen LogP contribution in [0.4, 0.5) is 11.6 Å². The Kier molecular flexibility index (Phi) is 4.82. The first-order valence-electron chi connectivity index (χ1n) is 9.54. The van der Waals surface area contributed by atoms with E-state index in [0.29, 0.717) is 18.1 Å². The van der Waals surface area contributed by atoms with Gasteiger partial charge in [-0.15, -0.1) is 0 Å². The second-order valence-electron chi connectivity index (χ2n) is 7.44. The van der Waals surface area contributed by atoms with Gasteiger partial charge in [-0.25, -0.2) is 9.97 Å². The molecular weight excluding hydrogens is 348 g/mol. The molecule has 142 valence electrons. The zero-order chi connectivity index (χ0) is 19.7. The maximum absolute atomic E-state index is 12.9. The molecule has 1 aromatic heterocycles. The number of carbonyl (C=O) groups excluding carboxylic acids is 1. The molecule has 0 aliphatic carbocycles. The van der Waals surface area contributed by atoms with E-state index < -0.39 is 0 Å². The second-order valence-corrected chi connectivity index (χ2v) is 7.44. The fraction of sp³-hybridized carbons (Fsp3) is 0.261. The number of fused-ring (bicyclic) bond motifs is 1. The van der Waals surface area contributed by atoms with Crippen molar-refractivity contribution in [2.75, 3.05) is 11.9 Å². The van der Waals surface area contributed by atoms with Crippen molar-refractivity contribution in [1.82, 2.24) is 14.9 Å². The Balaban J connectivity index is 1.49. The van der Waals surface area contributed by atoms with Gasteiger partial charge in [0.05, 0.1) is 5.56 Å². The second kappa shape index (κ2) is 7.43. The van der Waals surface area contributed by atoms with Crippen molar-refractivity contribution in [3.05, 3.63) is 82.2 Å². The minimum absolute atomic E-state index is 0.0243. The van der Waals surface area contributed by atoms with Crippen molar-refractivity contribution in [2.24, 2.45) is 0 Å². The summed E-state index contributed by atoms with van der Waals surface area (Å²) in [6.07, 6.45) is 4.10. The number of hydrogen-bond donors (Lipinski definition) is 1. The molecule has 0 atom stereocenters. The van der Waals surface area contributed by atoms with Crippen LogP contribution in [0.5, 0.6) is 0 Å². The summed E-state index contributed by atoms with van der Waals surface area (Å²) < 4.78 is 0. The molecule has 0 spiro atoms. The molecule has 1 N–H and O–H groups in total. The molecule has 28 heavy (non-hydrogen) atoms. The summed E-state index contributed by atoms with van der Waals surface area (Å²) in [6.45, 7) is 7.57. The zero-order valence-corrected chi connectivity index (χ0v) is 16.5. The highest BCUT2D eigenvalue weighted by Crippen LogP contribution is 2.25. The number of aryl methyl sites for hydroxylation is 3. The largest absolute Gasteiger partial charge is 0.334 e. The summed E-state index contributed by atoms with van der Waals surface area (Å²) in [5.41, 5.74) is 7.59. The lowest BCUT2D eigenvalue weighted by Gasteiger charge is -2.28. The standard InChI is InChI=1S/C23H24N4O/c1-15-10-16(2)21(17(3)11-15)26-23-24-12-20(13-25-23)22(28)27-9-8-18-6-4-5-7-19(18)14-27/h4-7,10-13H,8-9,14H2,1-3H3,(H,24,25,26). The summed E-state index contributed by atoms with van der Waals surface area (Å²) in [5, 5.41) is 3.28. The van der Waals surface area contributed by atoms with Gasteiger partial charge in [0.25, 0.3) is 5.91 Å². The maximum atomic E-state index is 12.9. The lowest BCUT2D eigenvalue weighted by Crippen LogP contribution is -2.36. The van der Waals surface area contributed by atoms with Gasteiger partial charge in [0.1, 0.15) is 0 Å². The molecule has 1 amide bonds. The van der Waals surface area contributed by atoms with E-state index in [-0.39, 0.29) is 5.91 Å². The van der Waals surface area contributed by atoms with E-state index in [1.807, 2.05) is 17.0 Å². The third-order valence-electron chi connectivity index (χ3n) is 5.23. The molecular formula is C23H24N4O. The molecule has 1 aliphatic heterocycles. The predicted octanol–water partition coefficient (Wildman–Crippen LogP) is 4.34. The lowest BCUT2D eigenvalue weighted by molar-refractivity contribution is 0.0734. The third kappa shape index (κ3) is 3.60. The van der Waals surface area contributed by atoms with Gasteiger partial charge in [-0.1, -0.05) is 42.0 Å². The molecule has 2 aromatic carbocycles. The molecule has 0 fully saturated rings. The molecule has 0 saturated carbocycles. The molecule has 0 unspecified atom stereocenters. The van der Waals surface area contributed by atoms with Gasteiger partial charge >= 0.3 is 0 Å². The average molecular weight is 372 g/mol. The number of nitrogens with one attached hydrogen (secondary N) is 1. The monoisotopic (exact) mass is 372 g/mol. The number of hydrogen-bond acceptors (Lipinski definition) is 4. The van der Waals surface area contributed by atoms with Gasteiger partial charge in [0, 0.05) is 31.2 Å². The third-order valence-corrected chi connectivity index (χ3v) is 5.23. The molecule has 5 heteroatoms. The number of rotatable bonds is 3. The highest BCUT2D eigenvalue weighted by Gasteiger charge is 2.22. The number of benzene rings is 2. The summed E-state index contributed by atoms with van der Waals surface area (Å²) in [5.74, 6) is 0.472. The van der Waals surface area contributed by atoms with E-state index in [2.05, 4.69) is 60.3 Å². The van der Waals surface area contributed by atoms with Gasteiger partial charge in [0.2, 0.25) is 5.95 Å². The molecule has 0 bridgehead atoms. The Labute approximate surface area is 165 Å². The maximum Gasteiger partial charge on any atom is 0.257 e. The minimum Gasteiger partial charge on any atom is -0.334 e. The minimum atomic E-state index is -0.0243. The van der Waals surface area contributed by atoms with Crippen molar-refractivity contribution >= 4 is 17.5 Å². The van der Waals surface area contributed by atoms with E-state index in [1.54, 1.807) is 12.4 Å². The van der Waals surface area contributed by atoms with Crippen LogP contribution < -0.4 is 5.32 Å². The van der Waals surface area contributed by atoms with Crippen molar-refractivity contribution in [3.63, 3.8) is 0 Å². The number of amides is 1. The Morgan fingerprint density at radius 3 is 2.32 bits per heavy atom. The van der Waals surface area contributed by atoms with Gasteiger partial charge in [-0.05, 0) is 49.4 Å². The summed E-state index contributed by atoms with van der Waals surface area (Å²) >= 11 is 0. The molecule has 4 rings (SSSR count). The quantitative estimate of drug-likeness (QED) is 0.743. The fourth-order valence-electron chi connectivity index (χ4n) is 3.84. The van der Waals surface area contributed by atoms with E-state index in [9.17, 15) is 4.79 Å². The highest BCUT2D eigenvalue weighted by molar-refractivity contribution is 5.93. The van der Waals surface area contributed by atoms with Crippen LogP contribution in [0.15, 0.2) is 48.8 Å². The van der Waals surface area contributed by atoms with E-state index in [4.69, 9.17) is 0 Å². The van der Waals surface area contributed by atoms with Gasteiger partial charge in [0.15, 0.2) is 0 Å². The number of nitrogens with zero attached hydrogens (tertiary/aromatic N) is 3. The highest BCUT2D eigenvalue weighted by atomic mass is 16.2. The van der Waals surface area contributed by atoms with Crippen LogP contribution in [-0.4, -0.2) is 27.3 Å². The van der Waals surface area contributed by atoms with Crippen molar-refractivity contribution in [3.8, 4) is 0 Å². The molecule has 3 aromatic rings. The lowest BCUT2D eigenvalue weighted by atomic mass is 9.99. The van der Waals surface area contributed by atoms with Gasteiger partial charge < -0.3 is 10.2 Å². The van der Waals surface area contributed by atoms with Gasteiger partial charge in [-0.3, -0.25) is 4.79 Å². The summed E-state index contributed by atoms with van der Waals surface area (Å²) in [4.78, 5) is 23.5. The fourth-order valence-corrected chi connectivity index (χ4v) is 3.84. The van der Waals surface area contributed by atoms with Gasteiger partial charge in [-0.2, -0.15) is 0 Å². The van der Waals surface area contributed by atoms with Crippen molar-refractivity contribution in [1.29, 1.82) is 0 Å². The van der Waals surface area contributed by atoms with Crippen LogP contribution in [0, 0.1) is 20.8 Å². The SMILES string of the molecule is Cc1cc(C)c(Nc2ncc(C(=O)N3CCc4ccccc4C3)cn2)c(C)c1. The molecule has 2 heterocycles. The summed E-state index contributed by atoms with van der Waals surface area (Å²) in [6, 6.07) is 12.5. The van der Waals surface area contributed by atoms with E-state index in [0.717, 1.165) is 29.8 Å². The van der Waals surface area contributed by atoms with Crippen molar-refractivity contribution in [2.45, 2.75) is 33.7 Å². The van der Waals surface area contributed by atoms with Crippen molar-refractivity contribution < 1.29 is 4.79 Å². The summed E-state index contributed by atoms with van der Waals surface area (Å²) in [7, 11) is 0. The van der Waals surface area contributed by atoms with Crippen LogP contribution >= 0.6 is 0 Å². The first-order valence-corrected chi connectivity index (χ1v) is 9.54. The smallest absolute Gasteiger partial charge is 0.257 e. The van der Waals surface area contributed by atoms with Crippen LogP contribution in [-0.2, 0) is 13.0 Å². The Morgan fingerprint density at radius 1 is 1.00 bits per heavy atom. The van der Waals surface area contributed by atoms with Crippen LogP contribution in [0.2, 0.25) is 0 Å².